The zero-order valence-corrected chi connectivity index (χ0v) is 39.2. The lowest BCUT2D eigenvalue weighted by Crippen LogP contribution is -2.15. The van der Waals surface area contributed by atoms with E-state index >= 15 is 0 Å². The number of nitrogens with two attached hydrogens (primary N) is 2. The van der Waals surface area contributed by atoms with Gasteiger partial charge in [0.1, 0.15) is 33.2 Å². The monoisotopic (exact) mass is 1090 g/mol. The molecular formula is C34H30N10O20S6. The molecule has 0 aliphatic rings. The summed E-state index contributed by atoms with van der Waals surface area (Å²) >= 11 is 0. The van der Waals surface area contributed by atoms with Crippen molar-refractivity contribution in [3.05, 3.63) is 96.6 Å². The van der Waals surface area contributed by atoms with Crippen LogP contribution < -0.4 is 11.5 Å². The largest absolute Gasteiger partial charge is 0.478 e. The second-order valence-corrected chi connectivity index (χ2v) is 22.3. The average molecular weight is 1090 g/mol. The maximum atomic E-state index is 12.9. The van der Waals surface area contributed by atoms with Crippen molar-refractivity contribution in [3.8, 4) is 0 Å². The second kappa shape index (κ2) is 20.9. The third-order valence-electron chi connectivity index (χ3n) is 8.46. The Bertz CT molecular complexity index is 3690. The van der Waals surface area contributed by atoms with Gasteiger partial charge in [-0.1, -0.05) is 0 Å². The number of hydrogen-bond donors (Lipinski definition) is 7. The van der Waals surface area contributed by atoms with E-state index in [0.29, 0.717) is 0 Å². The summed E-state index contributed by atoms with van der Waals surface area (Å²) in [5.41, 5.74) is 6.95. The highest BCUT2D eigenvalue weighted by Gasteiger charge is 2.28. The highest BCUT2D eigenvalue weighted by molar-refractivity contribution is 7.92. The van der Waals surface area contributed by atoms with Crippen molar-refractivity contribution in [1.29, 1.82) is 0 Å². The number of azo groups is 4. The smallest absolute Gasteiger partial charge is 0.398 e. The van der Waals surface area contributed by atoms with E-state index < -0.39 is 139 Å². The molecule has 0 saturated heterocycles. The van der Waals surface area contributed by atoms with Gasteiger partial charge in [0.2, 0.25) is 9.84 Å². The molecule has 30 nitrogen and oxygen atoms in total. The van der Waals surface area contributed by atoms with Gasteiger partial charge in [0.05, 0.1) is 61.2 Å². The van der Waals surface area contributed by atoms with Crippen LogP contribution in [0.3, 0.4) is 0 Å². The van der Waals surface area contributed by atoms with Crippen molar-refractivity contribution in [2.75, 3.05) is 29.8 Å². The number of nitrogen functional groups attached to an aromatic ring is 2. The summed E-state index contributed by atoms with van der Waals surface area (Å²) in [5.74, 6) is -4.22. The van der Waals surface area contributed by atoms with Crippen LogP contribution in [0.25, 0.3) is 0 Å². The van der Waals surface area contributed by atoms with Crippen LogP contribution in [0.15, 0.2) is 151 Å². The summed E-state index contributed by atoms with van der Waals surface area (Å²) in [6.07, 6.45) is 0. The standard InChI is InChI=1S/C34H30N10O20S6/c35-29-31(42-38-20-3-10-24(11-4-20)66(49,50)18-64-70(60,61)62)28(34(45)46)32(30(36)33(29)44-39-21-1-8-23(9-2-21)65(47,48)16-15-63-69(57,58)59)43-41-26-14-7-22(17-27(26)68(54,55)56)40-37-19-5-12-25(13-6-19)67(51,52)53/h1-14,17H,15-16,18,35-36H2,(H,45,46)(H,51,52,53)(H,54,55,56)(H,57,58,59)(H,60,61,62)/b40-37+,42-38+,43-41+,44-39+. The van der Waals surface area contributed by atoms with Crippen LogP contribution in [-0.4, -0.2) is 98.1 Å². The molecule has 372 valence electrons. The fraction of sp³-hybridized carbons (Fsp3) is 0.0882. The van der Waals surface area contributed by atoms with Crippen LogP contribution in [0.5, 0.6) is 0 Å². The van der Waals surface area contributed by atoms with Crippen LogP contribution >= 0.6 is 0 Å². The maximum absolute atomic E-state index is 12.9. The van der Waals surface area contributed by atoms with E-state index in [9.17, 15) is 69.5 Å². The van der Waals surface area contributed by atoms with Crippen LogP contribution in [0.2, 0.25) is 0 Å². The van der Waals surface area contributed by atoms with Crippen molar-refractivity contribution in [2.45, 2.75) is 19.6 Å². The lowest BCUT2D eigenvalue weighted by atomic mass is 10.1. The van der Waals surface area contributed by atoms with Crippen LogP contribution in [0.1, 0.15) is 10.4 Å². The predicted octanol–water partition coefficient (Wildman–Crippen LogP) is 5.85. The second-order valence-electron chi connectivity index (χ2n) is 13.3. The summed E-state index contributed by atoms with van der Waals surface area (Å²) < 4.78 is 186. The molecule has 0 heterocycles. The van der Waals surface area contributed by atoms with E-state index in [1.165, 1.54) is 0 Å². The molecule has 0 aromatic heterocycles. The Balaban J connectivity index is 1.61. The van der Waals surface area contributed by atoms with Gasteiger partial charge in [-0.05, 0) is 91.0 Å². The molecule has 0 saturated carbocycles. The number of nitrogens with zero attached hydrogens (tertiary/aromatic N) is 8. The van der Waals surface area contributed by atoms with Crippen LogP contribution in [0.4, 0.5) is 56.9 Å². The lowest BCUT2D eigenvalue weighted by Gasteiger charge is -2.13. The number of carbonyl (C=O) groups is 1. The van der Waals surface area contributed by atoms with Crippen molar-refractivity contribution >= 4 is 124 Å². The number of benzene rings is 5. The first-order chi connectivity index (χ1) is 32.3. The number of anilines is 2. The molecule has 0 unspecified atom stereocenters. The van der Waals surface area contributed by atoms with E-state index in [1.807, 2.05) is 0 Å². The molecule has 0 bridgehead atoms. The molecule has 0 aliphatic heterocycles. The van der Waals surface area contributed by atoms with E-state index in [-0.39, 0.29) is 27.6 Å². The number of hydrogen-bond acceptors (Lipinski definition) is 25. The van der Waals surface area contributed by atoms with Gasteiger partial charge in [-0.3, -0.25) is 18.2 Å². The number of rotatable bonds is 20. The number of carboxylic acid groups (broad SMARTS) is 1. The Morgan fingerprint density at radius 1 is 0.471 bits per heavy atom. The molecule has 5 rings (SSSR count). The minimum atomic E-state index is -5.19. The Kier molecular flexibility index (Phi) is 16.2. The molecule has 0 spiro atoms. The molecule has 9 N–H and O–H groups in total. The molecule has 0 fully saturated rings. The Labute approximate surface area is 395 Å². The first-order valence-corrected chi connectivity index (χ1v) is 27.0. The lowest BCUT2D eigenvalue weighted by molar-refractivity contribution is 0.0698. The first-order valence-electron chi connectivity index (χ1n) is 18.1. The summed E-state index contributed by atoms with van der Waals surface area (Å²) in [5, 5.41) is 41.3. The van der Waals surface area contributed by atoms with Gasteiger partial charge in [-0.25, -0.2) is 30.0 Å². The molecule has 0 aliphatic carbocycles. The number of carboxylic acids is 1. The molecule has 70 heavy (non-hydrogen) atoms. The highest BCUT2D eigenvalue weighted by atomic mass is 32.3. The van der Waals surface area contributed by atoms with E-state index in [0.717, 1.165) is 91.0 Å². The van der Waals surface area contributed by atoms with Gasteiger partial charge in [-0.2, -0.15) is 54.1 Å². The molecule has 0 atom stereocenters. The van der Waals surface area contributed by atoms with Crippen LogP contribution in [0, 0.1) is 0 Å². The quantitative estimate of drug-likeness (QED) is 0.0273. The first kappa shape index (κ1) is 54.0. The highest BCUT2D eigenvalue weighted by Crippen LogP contribution is 2.49. The summed E-state index contributed by atoms with van der Waals surface area (Å²) in [6, 6.07) is 15.3. The van der Waals surface area contributed by atoms with E-state index in [4.69, 9.17) is 20.6 Å². The fourth-order valence-electron chi connectivity index (χ4n) is 5.24. The van der Waals surface area contributed by atoms with Gasteiger partial charge in [0, 0.05) is 0 Å². The number of aromatic carboxylic acids is 1. The molecule has 0 amide bonds. The maximum Gasteiger partial charge on any atom is 0.398 e. The Morgan fingerprint density at radius 2 is 0.871 bits per heavy atom. The van der Waals surface area contributed by atoms with Crippen molar-refractivity contribution < 1.29 is 87.0 Å². The van der Waals surface area contributed by atoms with Gasteiger partial charge < -0.3 is 16.6 Å². The SMILES string of the molecule is Nc1c(/N=N/c2ccc(S(=O)(=O)CCOS(=O)(=O)O)cc2)c(N)c(/N=N/c2ccc(/N=N/c3ccc(S(=O)(=O)O)cc3)cc2S(=O)(=O)O)c(C(=O)O)c1/N=N/c1ccc(S(=O)(=O)COS(=O)(=O)O)cc1. The van der Waals surface area contributed by atoms with E-state index in [2.05, 4.69) is 49.3 Å². The minimum absolute atomic E-state index is 0.0336. The van der Waals surface area contributed by atoms with Crippen molar-refractivity contribution in [1.82, 2.24) is 0 Å². The van der Waals surface area contributed by atoms with Gasteiger partial charge in [0.25, 0.3) is 20.2 Å². The number of sulfone groups is 2. The van der Waals surface area contributed by atoms with Gasteiger partial charge in [-0.15, -0.1) is 20.5 Å². The Morgan fingerprint density at radius 3 is 1.31 bits per heavy atom. The third kappa shape index (κ3) is 14.5. The topological polar surface area (TPSA) is 492 Å². The molecular weight excluding hydrogens is 1060 g/mol. The molecule has 5 aromatic carbocycles. The molecule has 5 aromatic rings. The summed E-state index contributed by atoms with van der Waals surface area (Å²) in [7, 11) is -28.5. The third-order valence-corrected chi connectivity index (χ3v) is 14.4. The fourth-order valence-corrected chi connectivity index (χ4v) is 9.53. The van der Waals surface area contributed by atoms with Gasteiger partial charge >= 0.3 is 26.8 Å². The summed E-state index contributed by atoms with van der Waals surface area (Å²) in [4.78, 5) is 10.6. The van der Waals surface area contributed by atoms with Crippen molar-refractivity contribution in [2.24, 2.45) is 40.9 Å². The molecule has 36 heteroatoms. The normalized spacial score (nSPS) is 13.3. The minimum Gasteiger partial charge on any atom is -0.478 e. The summed E-state index contributed by atoms with van der Waals surface area (Å²) in [6.45, 7) is -0.926. The predicted molar refractivity (Wildman–Crippen MR) is 239 cm³/mol. The van der Waals surface area contributed by atoms with Crippen LogP contribution in [-0.2, 0) is 69.1 Å². The van der Waals surface area contributed by atoms with Gasteiger partial charge in [0.15, 0.2) is 15.8 Å². The van der Waals surface area contributed by atoms with Crippen molar-refractivity contribution in [3.63, 3.8) is 0 Å². The zero-order valence-electron chi connectivity index (χ0n) is 34.3. The molecule has 0 radical (unpaired) electrons. The zero-order chi connectivity index (χ0) is 52.0. The van der Waals surface area contributed by atoms with E-state index in [1.54, 1.807) is 0 Å². The Hall–Kier alpha value is -6.97. The average Bonchev–Trinajstić information content (AvgIpc) is 3.26.